The molecule has 0 aromatic heterocycles. The fourth-order valence-corrected chi connectivity index (χ4v) is 2.12. The summed E-state index contributed by atoms with van der Waals surface area (Å²) in [7, 11) is 0. The second-order valence-corrected chi connectivity index (χ2v) is 4.10. The molecular weight excluding hydrogens is 170 g/mol. The van der Waals surface area contributed by atoms with Crippen LogP contribution >= 0.6 is 0 Å². The lowest BCUT2D eigenvalue weighted by Gasteiger charge is -2.23. The topological polar surface area (TPSA) is 12.0 Å². The van der Waals surface area contributed by atoms with Gasteiger partial charge < -0.3 is 5.32 Å². The van der Waals surface area contributed by atoms with Crippen LogP contribution in [0, 0.1) is 0 Å². The van der Waals surface area contributed by atoms with Gasteiger partial charge in [0.2, 0.25) is 0 Å². The first-order chi connectivity index (χ1) is 6.90. The maximum atomic E-state index is 3.57. The first-order valence-corrected chi connectivity index (χ1v) is 5.72. The molecular formula is C13H19N. The third-order valence-corrected chi connectivity index (χ3v) is 3.10. The number of hydrogen-bond donors (Lipinski definition) is 1. The lowest BCUT2D eigenvalue weighted by atomic mass is 9.96. The maximum absolute atomic E-state index is 3.57. The van der Waals surface area contributed by atoms with Crippen molar-refractivity contribution in [3.8, 4) is 0 Å². The fourth-order valence-electron chi connectivity index (χ4n) is 2.12. The second-order valence-electron chi connectivity index (χ2n) is 4.10. The van der Waals surface area contributed by atoms with Crippen LogP contribution in [0.3, 0.4) is 0 Å². The molecule has 1 aromatic rings. The van der Waals surface area contributed by atoms with Crippen molar-refractivity contribution in [2.45, 2.75) is 38.6 Å². The van der Waals surface area contributed by atoms with Crippen molar-refractivity contribution >= 4 is 0 Å². The number of rotatable bonds is 2. The highest BCUT2D eigenvalue weighted by atomic mass is 14.9. The average molecular weight is 189 g/mol. The molecule has 0 aliphatic carbocycles. The Kier molecular flexibility index (Phi) is 3.20. The van der Waals surface area contributed by atoms with Crippen LogP contribution < -0.4 is 5.32 Å². The zero-order valence-corrected chi connectivity index (χ0v) is 8.92. The van der Waals surface area contributed by atoms with E-state index in [1.807, 2.05) is 0 Å². The van der Waals surface area contributed by atoms with Gasteiger partial charge in [0, 0.05) is 6.04 Å². The summed E-state index contributed by atoms with van der Waals surface area (Å²) >= 11 is 0. The Morgan fingerprint density at radius 3 is 2.57 bits per heavy atom. The second kappa shape index (κ2) is 4.61. The molecule has 2 rings (SSSR count). The largest absolute Gasteiger partial charge is 0.310 e. The number of hydrogen-bond acceptors (Lipinski definition) is 1. The Labute approximate surface area is 86.5 Å². The summed E-state index contributed by atoms with van der Waals surface area (Å²) in [6.45, 7) is 3.38. The number of piperidine rings is 1. The zero-order valence-electron chi connectivity index (χ0n) is 8.92. The molecule has 76 valence electrons. The molecule has 1 aromatic carbocycles. The Hall–Kier alpha value is -0.820. The van der Waals surface area contributed by atoms with E-state index in [-0.39, 0.29) is 0 Å². The molecule has 0 spiro atoms. The third kappa shape index (κ3) is 2.16. The Morgan fingerprint density at radius 1 is 1.21 bits per heavy atom. The highest BCUT2D eigenvalue weighted by molar-refractivity contribution is 5.25. The molecule has 1 fully saturated rings. The predicted molar refractivity (Wildman–Crippen MR) is 60.4 cm³/mol. The molecule has 1 heterocycles. The van der Waals surface area contributed by atoms with Crippen molar-refractivity contribution in [2.24, 2.45) is 0 Å². The van der Waals surface area contributed by atoms with Crippen molar-refractivity contribution in [3.05, 3.63) is 35.4 Å². The minimum atomic E-state index is 0.606. The van der Waals surface area contributed by atoms with Crippen LogP contribution in [-0.2, 0) is 6.42 Å². The van der Waals surface area contributed by atoms with Crippen LogP contribution in [-0.4, -0.2) is 6.54 Å². The molecule has 1 nitrogen and oxygen atoms in total. The van der Waals surface area contributed by atoms with Gasteiger partial charge in [0.1, 0.15) is 0 Å². The van der Waals surface area contributed by atoms with E-state index in [1.165, 1.54) is 36.9 Å². The summed E-state index contributed by atoms with van der Waals surface area (Å²) in [6.07, 6.45) is 5.14. The van der Waals surface area contributed by atoms with E-state index in [2.05, 4.69) is 36.5 Å². The minimum absolute atomic E-state index is 0.606. The molecule has 1 atom stereocenters. The maximum Gasteiger partial charge on any atom is 0.0320 e. The smallest absolute Gasteiger partial charge is 0.0320 e. The molecule has 14 heavy (non-hydrogen) atoms. The van der Waals surface area contributed by atoms with Gasteiger partial charge in [-0.05, 0) is 36.9 Å². The summed E-state index contributed by atoms with van der Waals surface area (Å²) < 4.78 is 0. The highest BCUT2D eigenvalue weighted by Crippen LogP contribution is 2.22. The molecule has 1 N–H and O–H groups in total. The summed E-state index contributed by atoms with van der Waals surface area (Å²) in [4.78, 5) is 0. The molecule has 1 aliphatic heterocycles. The number of benzene rings is 1. The average Bonchev–Trinajstić information content (AvgIpc) is 2.30. The molecule has 0 bridgehead atoms. The molecule has 0 unspecified atom stereocenters. The summed E-state index contributed by atoms with van der Waals surface area (Å²) in [5.41, 5.74) is 2.89. The van der Waals surface area contributed by atoms with Crippen LogP contribution in [0.5, 0.6) is 0 Å². The zero-order chi connectivity index (χ0) is 9.80. The molecule has 1 aliphatic rings. The minimum Gasteiger partial charge on any atom is -0.310 e. The molecule has 1 heteroatoms. The summed E-state index contributed by atoms with van der Waals surface area (Å²) in [6, 6.07) is 9.68. The van der Waals surface area contributed by atoms with Gasteiger partial charge in [-0.25, -0.2) is 0 Å². The summed E-state index contributed by atoms with van der Waals surface area (Å²) in [5.74, 6) is 0. The van der Waals surface area contributed by atoms with Gasteiger partial charge in [0.25, 0.3) is 0 Å². The fraction of sp³-hybridized carbons (Fsp3) is 0.538. The Balaban J connectivity index is 2.07. The molecule has 0 radical (unpaired) electrons. The third-order valence-electron chi connectivity index (χ3n) is 3.10. The van der Waals surface area contributed by atoms with Gasteiger partial charge >= 0.3 is 0 Å². The van der Waals surface area contributed by atoms with E-state index < -0.39 is 0 Å². The SMILES string of the molecule is CCc1ccc([C@H]2CCCCN2)cc1. The van der Waals surface area contributed by atoms with E-state index in [1.54, 1.807) is 0 Å². The van der Waals surface area contributed by atoms with E-state index in [0.29, 0.717) is 6.04 Å². The van der Waals surface area contributed by atoms with Crippen molar-refractivity contribution < 1.29 is 0 Å². The quantitative estimate of drug-likeness (QED) is 0.754. The van der Waals surface area contributed by atoms with Gasteiger partial charge in [-0.3, -0.25) is 0 Å². The van der Waals surface area contributed by atoms with Crippen LogP contribution in [0.2, 0.25) is 0 Å². The normalized spacial score (nSPS) is 22.2. The predicted octanol–water partition coefficient (Wildman–Crippen LogP) is 3.06. The first kappa shape index (κ1) is 9.72. The van der Waals surface area contributed by atoms with Gasteiger partial charge in [0.05, 0.1) is 0 Å². The van der Waals surface area contributed by atoms with Crippen molar-refractivity contribution in [1.29, 1.82) is 0 Å². The van der Waals surface area contributed by atoms with E-state index >= 15 is 0 Å². The Morgan fingerprint density at radius 2 is 2.00 bits per heavy atom. The van der Waals surface area contributed by atoms with E-state index in [9.17, 15) is 0 Å². The Bertz CT molecular complexity index is 270. The van der Waals surface area contributed by atoms with Crippen molar-refractivity contribution in [2.75, 3.05) is 6.54 Å². The monoisotopic (exact) mass is 189 g/mol. The van der Waals surface area contributed by atoms with E-state index in [0.717, 1.165) is 6.42 Å². The molecule has 0 amide bonds. The van der Waals surface area contributed by atoms with Gasteiger partial charge in [0.15, 0.2) is 0 Å². The van der Waals surface area contributed by atoms with Gasteiger partial charge in [-0.15, -0.1) is 0 Å². The van der Waals surface area contributed by atoms with Crippen LogP contribution in [0.25, 0.3) is 0 Å². The standard InChI is InChI=1S/C13H19N/c1-2-11-6-8-12(9-7-11)13-5-3-4-10-14-13/h6-9,13-14H,2-5,10H2,1H3/t13-/m1/s1. The highest BCUT2D eigenvalue weighted by Gasteiger charge is 2.13. The number of nitrogens with one attached hydrogen (secondary N) is 1. The molecule has 0 saturated carbocycles. The van der Waals surface area contributed by atoms with Crippen molar-refractivity contribution in [3.63, 3.8) is 0 Å². The number of aryl methyl sites for hydroxylation is 1. The van der Waals surface area contributed by atoms with Crippen LogP contribution in [0.15, 0.2) is 24.3 Å². The van der Waals surface area contributed by atoms with Crippen LogP contribution in [0.4, 0.5) is 0 Å². The lowest BCUT2D eigenvalue weighted by molar-refractivity contribution is 0.412. The molecule has 1 saturated heterocycles. The van der Waals surface area contributed by atoms with Crippen molar-refractivity contribution in [1.82, 2.24) is 5.32 Å². The first-order valence-electron chi connectivity index (χ1n) is 5.72. The summed E-state index contributed by atoms with van der Waals surface area (Å²) in [5, 5.41) is 3.57. The van der Waals surface area contributed by atoms with Gasteiger partial charge in [-0.2, -0.15) is 0 Å². The van der Waals surface area contributed by atoms with Gasteiger partial charge in [-0.1, -0.05) is 37.6 Å². The lowest BCUT2D eigenvalue weighted by Crippen LogP contribution is -2.26. The van der Waals surface area contributed by atoms with E-state index in [4.69, 9.17) is 0 Å². The van der Waals surface area contributed by atoms with Crippen LogP contribution in [0.1, 0.15) is 43.4 Å².